The quantitative estimate of drug-likeness (QED) is 0.267. The first-order chi connectivity index (χ1) is 20.5. The van der Waals surface area contributed by atoms with Crippen molar-refractivity contribution in [3.8, 4) is 0 Å². The molecule has 2 N–H and O–H groups in total. The van der Waals surface area contributed by atoms with Crippen molar-refractivity contribution in [3.05, 3.63) is 82.8 Å². The highest BCUT2D eigenvalue weighted by Gasteiger charge is 2.28. The van der Waals surface area contributed by atoms with E-state index < -0.39 is 28.0 Å². The lowest BCUT2D eigenvalue weighted by Gasteiger charge is -2.29. The Hall–Kier alpha value is -4.42. The van der Waals surface area contributed by atoms with Gasteiger partial charge in [0.1, 0.15) is 0 Å². The molecule has 1 amide bonds. The number of para-hydroxylation sites is 1. The van der Waals surface area contributed by atoms with Crippen molar-refractivity contribution in [2.75, 3.05) is 23.1 Å². The molecule has 2 aromatic heterocycles. The van der Waals surface area contributed by atoms with E-state index in [1.54, 1.807) is 19.9 Å². The molecule has 0 radical (unpaired) electrons. The van der Waals surface area contributed by atoms with Gasteiger partial charge in [0.25, 0.3) is 15.9 Å². The van der Waals surface area contributed by atoms with Crippen LogP contribution in [0.2, 0.25) is 0 Å². The molecule has 3 heterocycles. The molecule has 1 aliphatic rings. The van der Waals surface area contributed by atoms with Crippen molar-refractivity contribution in [1.82, 2.24) is 19.9 Å². The normalized spacial score (nSPS) is 14.1. The molecule has 4 aromatic rings. The largest absolute Gasteiger partial charge is 0.449 e. The molecule has 0 saturated carbocycles. The minimum Gasteiger partial charge on any atom is -0.449 e. The summed E-state index contributed by atoms with van der Waals surface area (Å²) in [5.74, 6) is -1.16. The van der Waals surface area contributed by atoms with Crippen molar-refractivity contribution in [3.63, 3.8) is 0 Å². The average Bonchev–Trinajstić information content (AvgIpc) is 2.95. The lowest BCUT2D eigenvalue weighted by molar-refractivity contribution is -0.123. The van der Waals surface area contributed by atoms with E-state index in [4.69, 9.17) is 9.72 Å². The number of carbonyl (C=O) groups excluding carboxylic acids is 2. The molecule has 1 unspecified atom stereocenters. The second-order valence-electron chi connectivity index (χ2n) is 10.6. The zero-order chi connectivity index (χ0) is 30.7. The van der Waals surface area contributed by atoms with E-state index in [-0.39, 0.29) is 10.8 Å². The Labute approximate surface area is 250 Å². The average molecular weight is 603 g/mol. The number of fused-ring (bicyclic) bond motifs is 2. The van der Waals surface area contributed by atoms with Crippen LogP contribution in [0.15, 0.2) is 59.5 Å². The van der Waals surface area contributed by atoms with Gasteiger partial charge in [0, 0.05) is 53.2 Å². The van der Waals surface area contributed by atoms with Gasteiger partial charge in [-0.25, -0.2) is 27.9 Å². The van der Waals surface area contributed by atoms with Crippen molar-refractivity contribution >= 4 is 44.4 Å². The number of pyridine rings is 1. The highest BCUT2D eigenvalue weighted by molar-refractivity contribution is 7.92. The van der Waals surface area contributed by atoms with E-state index in [0.29, 0.717) is 40.1 Å². The third-order valence-electron chi connectivity index (χ3n) is 7.16. The van der Waals surface area contributed by atoms with Crippen molar-refractivity contribution in [2.24, 2.45) is 0 Å². The summed E-state index contributed by atoms with van der Waals surface area (Å²) in [5, 5.41) is 3.38. The number of rotatable bonds is 9. The van der Waals surface area contributed by atoms with E-state index >= 15 is 0 Å². The molecule has 0 fully saturated rings. The molecule has 0 aliphatic carbocycles. The number of sulfonamides is 1. The van der Waals surface area contributed by atoms with Crippen molar-refractivity contribution in [2.45, 2.75) is 58.1 Å². The number of esters is 1. The van der Waals surface area contributed by atoms with Gasteiger partial charge in [-0.1, -0.05) is 25.1 Å². The molecular formula is C31H34N6O5S. The summed E-state index contributed by atoms with van der Waals surface area (Å²) in [5.41, 5.74) is 4.48. The fourth-order valence-electron chi connectivity index (χ4n) is 5.17. The van der Waals surface area contributed by atoms with E-state index in [1.807, 2.05) is 24.3 Å². The van der Waals surface area contributed by atoms with E-state index in [9.17, 15) is 18.0 Å². The van der Waals surface area contributed by atoms with E-state index in [0.717, 1.165) is 37.2 Å². The van der Waals surface area contributed by atoms with Gasteiger partial charge in [-0.3, -0.25) is 14.7 Å². The van der Waals surface area contributed by atoms with Crippen LogP contribution in [-0.2, 0) is 32.5 Å². The fraction of sp³-hybridized carbons (Fsp3) is 0.323. The minimum atomic E-state index is -3.95. The van der Waals surface area contributed by atoms with Gasteiger partial charge < -0.3 is 10.1 Å². The standard InChI is InChI=1S/C31H34N6O5S/c1-5-15-37-16-14-27-25(18-37)28(24-8-6-7-9-26(24)35-27)30(39)42-21(4)29(38)34-22-10-12-23(13-11-22)43(40,41)36-31-32-19(2)17-20(3)33-31/h6-13,17,21H,5,14-16,18H2,1-4H3,(H,34,38)(H,32,33,36). The van der Waals surface area contributed by atoms with Crippen LogP contribution >= 0.6 is 0 Å². The number of benzene rings is 2. The number of hydrogen-bond donors (Lipinski definition) is 2. The van der Waals surface area contributed by atoms with E-state index in [1.165, 1.54) is 31.2 Å². The molecule has 1 aliphatic heterocycles. The Morgan fingerprint density at radius 3 is 2.42 bits per heavy atom. The van der Waals surface area contributed by atoms with Gasteiger partial charge in [-0.05, 0) is 70.1 Å². The minimum absolute atomic E-state index is 0.0215. The summed E-state index contributed by atoms with van der Waals surface area (Å²) in [4.78, 5) is 41.9. The summed E-state index contributed by atoms with van der Waals surface area (Å²) in [6.45, 7) is 9.48. The molecular weight excluding hydrogens is 568 g/mol. The van der Waals surface area contributed by atoms with Crippen molar-refractivity contribution in [1.29, 1.82) is 0 Å². The van der Waals surface area contributed by atoms with Crippen LogP contribution in [-0.4, -0.2) is 59.3 Å². The van der Waals surface area contributed by atoms with Gasteiger partial charge in [-0.2, -0.15) is 0 Å². The first-order valence-electron chi connectivity index (χ1n) is 14.1. The maximum absolute atomic E-state index is 13.6. The molecule has 1 atom stereocenters. The number of hydrogen-bond acceptors (Lipinski definition) is 9. The summed E-state index contributed by atoms with van der Waals surface area (Å²) in [6.07, 6.45) is 0.615. The number of aromatic nitrogens is 3. The SMILES string of the molecule is CCCN1CCc2nc3ccccc3c(C(=O)OC(C)C(=O)Nc3ccc(S(=O)(=O)Nc4nc(C)cc(C)n4)cc3)c2C1. The van der Waals surface area contributed by atoms with Crippen LogP contribution in [0.1, 0.15) is 53.3 Å². The second-order valence-corrected chi connectivity index (χ2v) is 12.3. The van der Waals surface area contributed by atoms with Gasteiger partial charge in [0.05, 0.1) is 16.0 Å². The van der Waals surface area contributed by atoms with Gasteiger partial charge in [0.15, 0.2) is 6.10 Å². The fourth-order valence-corrected chi connectivity index (χ4v) is 6.12. The Kier molecular flexibility index (Phi) is 8.69. The van der Waals surface area contributed by atoms with Gasteiger partial charge in [0.2, 0.25) is 5.95 Å². The maximum Gasteiger partial charge on any atom is 0.339 e. The van der Waals surface area contributed by atoms with Gasteiger partial charge >= 0.3 is 5.97 Å². The number of carbonyl (C=O) groups is 2. The highest BCUT2D eigenvalue weighted by Crippen LogP contribution is 2.29. The van der Waals surface area contributed by atoms with Crippen LogP contribution in [0, 0.1) is 13.8 Å². The molecule has 0 spiro atoms. The zero-order valence-corrected chi connectivity index (χ0v) is 25.4. The number of ether oxygens (including phenoxy) is 1. The molecule has 0 saturated heterocycles. The summed E-state index contributed by atoms with van der Waals surface area (Å²) in [6, 6.07) is 14.8. The smallest absolute Gasteiger partial charge is 0.339 e. The predicted octanol–water partition coefficient (Wildman–Crippen LogP) is 4.39. The van der Waals surface area contributed by atoms with Crippen LogP contribution < -0.4 is 10.0 Å². The number of anilines is 2. The third-order valence-corrected chi connectivity index (χ3v) is 8.51. The first kappa shape index (κ1) is 30.1. The Bertz CT molecular complexity index is 1770. The Morgan fingerprint density at radius 2 is 1.72 bits per heavy atom. The molecule has 11 nitrogen and oxygen atoms in total. The number of nitrogens with zero attached hydrogens (tertiary/aromatic N) is 4. The monoisotopic (exact) mass is 602 g/mol. The Morgan fingerprint density at radius 1 is 1.02 bits per heavy atom. The van der Waals surface area contributed by atoms with Crippen molar-refractivity contribution < 1.29 is 22.7 Å². The topological polar surface area (TPSA) is 143 Å². The van der Waals surface area contributed by atoms with Crippen LogP contribution in [0.4, 0.5) is 11.6 Å². The summed E-state index contributed by atoms with van der Waals surface area (Å²) in [7, 11) is -3.95. The highest BCUT2D eigenvalue weighted by atomic mass is 32.2. The Balaban J connectivity index is 1.29. The molecule has 43 heavy (non-hydrogen) atoms. The van der Waals surface area contributed by atoms with Crippen LogP contribution in [0.25, 0.3) is 10.9 Å². The number of nitrogens with one attached hydrogen (secondary N) is 2. The summed E-state index contributed by atoms with van der Waals surface area (Å²) >= 11 is 0. The number of aryl methyl sites for hydroxylation is 2. The molecule has 12 heteroatoms. The van der Waals surface area contributed by atoms with Crippen LogP contribution in [0.5, 0.6) is 0 Å². The molecule has 224 valence electrons. The zero-order valence-electron chi connectivity index (χ0n) is 24.5. The second kappa shape index (κ2) is 12.4. The first-order valence-corrected chi connectivity index (χ1v) is 15.6. The summed E-state index contributed by atoms with van der Waals surface area (Å²) < 4.78 is 33.7. The predicted molar refractivity (Wildman–Crippen MR) is 163 cm³/mol. The maximum atomic E-state index is 13.6. The lowest BCUT2D eigenvalue weighted by Crippen LogP contribution is -2.34. The molecule has 2 aromatic carbocycles. The molecule has 5 rings (SSSR count). The van der Waals surface area contributed by atoms with E-state index in [2.05, 4.69) is 31.8 Å². The lowest BCUT2D eigenvalue weighted by atomic mass is 9.95. The number of amides is 1. The van der Waals surface area contributed by atoms with Gasteiger partial charge in [-0.15, -0.1) is 0 Å². The molecule has 0 bridgehead atoms. The third kappa shape index (κ3) is 6.81. The van der Waals surface area contributed by atoms with Crippen LogP contribution in [0.3, 0.4) is 0 Å².